The first-order chi connectivity index (χ1) is 3.85. The third-order valence-corrected chi connectivity index (χ3v) is 0.964. The minimum absolute atomic E-state index is 0.699. The summed E-state index contributed by atoms with van der Waals surface area (Å²) in [4.78, 5) is 0. The van der Waals surface area contributed by atoms with Crippen molar-refractivity contribution in [2.24, 2.45) is 5.92 Å². The second kappa shape index (κ2) is 2.53. The molecule has 1 unspecified atom stereocenters. The lowest BCUT2D eigenvalue weighted by Crippen LogP contribution is -2.31. The van der Waals surface area contributed by atoms with Crippen molar-refractivity contribution in [1.82, 2.24) is 0 Å². The Bertz CT molecular complexity index is 88.3. The van der Waals surface area contributed by atoms with Gasteiger partial charge in [0.15, 0.2) is 6.29 Å². The molecule has 9 heavy (non-hydrogen) atoms. The van der Waals surface area contributed by atoms with Gasteiger partial charge in [-0.2, -0.15) is 13.2 Å². The molecule has 0 aliphatic heterocycles. The van der Waals surface area contributed by atoms with Crippen molar-refractivity contribution in [3.63, 3.8) is 0 Å². The summed E-state index contributed by atoms with van der Waals surface area (Å²) < 4.78 is 34.1. The number of hydrogen-bond acceptors (Lipinski definition) is 2. The molecule has 2 N–H and O–H groups in total. The summed E-state index contributed by atoms with van der Waals surface area (Å²) in [5, 5.41) is 16.0. The Morgan fingerprint density at radius 1 is 1.22 bits per heavy atom. The molecule has 0 saturated carbocycles. The first kappa shape index (κ1) is 8.71. The van der Waals surface area contributed by atoms with Crippen LogP contribution in [0.25, 0.3) is 0 Å². The van der Waals surface area contributed by atoms with E-state index in [1.807, 2.05) is 0 Å². The van der Waals surface area contributed by atoms with E-state index in [0.29, 0.717) is 6.92 Å². The highest BCUT2D eigenvalue weighted by molar-refractivity contribution is 4.62. The fourth-order valence-electron chi connectivity index (χ4n) is 0.169. The van der Waals surface area contributed by atoms with E-state index in [4.69, 9.17) is 10.2 Å². The summed E-state index contributed by atoms with van der Waals surface area (Å²) in [6, 6.07) is 0. The fourth-order valence-corrected chi connectivity index (χ4v) is 0.169. The molecule has 0 amide bonds. The monoisotopic (exact) mass is 144 g/mol. The lowest BCUT2D eigenvalue weighted by Gasteiger charge is -2.16. The van der Waals surface area contributed by atoms with E-state index in [9.17, 15) is 13.2 Å². The van der Waals surface area contributed by atoms with E-state index >= 15 is 0 Å². The van der Waals surface area contributed by atoms with Crippen molar-refractivity contribution in [3.05, 3.63) is 0 Å². The number of halogens is 3. The van der Waals surface area contributed by atoms with Crippen molar-refractivity contribution in [2.45, 2.75) is 19.4 Å². The van der Waals surface area contributed by atoms with Crippen LogP contribution in [0.1, 0.15) is 6.92 Å². The van der Waals surface area contributed by atoms with E-state index in [1.165, 1.54) is 0 Å². The zero-order valence-electron chi connectivity index (χ0n) is 4.68. The summed E-state index contributed by atoms with van der Waals surface area (Å²) in [6.45, 7) is 0.699. The molecule has 0 aliphatic rings. The lowest BCUT2D eigenvalue weighted by atomic mass is 10.2. The topological polar surface area (TPSA) is 40.5 Å². The van der Waals surface area contributed by atoms with Crippen LogP contribution in [0, 0.1) is 5.92 Å². The Balaban J connectivity index is 3.88. The minimum atomic E-state index is -4.52. The molecule has 5 heteroatoms. The van der Waals surface area contributed by atoms with Gasteiger partial charge < -0.3 is 10.2 Å². The van der Waals surface area contributed by atoms with Gasteiger partial charge in [0.05, 0.1) is 0 Å². The van der Waals surface area contributed by atoms with Crippen LogP contribution < -0.4 is 0 Å². The lowest BCUT2D eigenvalue weighted by molar-refractivity contribution is -0.232. The second-order valence-electron chi connectivity index (χ2n) is 1.74. The zero-order chi connectivity index (χ0) is 7.65. The molecule has 0 aromatic carbocycles. The fraction of sp³-hybridized carbons (Fsp3) is 1.00. The third-order valence-electron chi connectivity index (χ3n) is 0.964. The molecule has 0 fully saturated rings. The summed E-state index contributed by atoms with van der Waals surface area (Å²) in [5.74, 6) is -2.07. The Morgan fingerprint density at radius 3 is 1.56 bits per heavy atom. The molecule has 2 nitrogen and oxygen atoms in total. The Labute approximate surface area is 49.9 Å². The number of hydrogen-bond donors (Lipinski definition) is 2. The second-order valence-corrected chi connectivity index (χ2v) is 1.74. The van der Waals surface area contributed by atoms with Crippen LogP contribution in [0.4, 0.5) is 13.2 Å². The van der Waals surface area contributed by atoms with Gasteiger partial charge >= 0.3 is 6.18 Å². The number of alkyl halides is 3. The molecule has 0 rings (SSSR count). The van der Waals surface area contributed by atoms with Crippen LogP contribution in [0.2, 0.25) is 0 Å². The Kier molecular flexibility index (Phi) is 2.45. The van der Waals surface area contributed by atoms with Crippen molar-refractivity contribution in [2.75, 3.05) is 0 Å². The molecule has 0 aliphatic carbocycles. The molecule has 56 valence electrons. The first-order valence-corrected chi connectivity index (χ1v) is 2.28. The molecule has 0 radical (unpaired) electrons. The average molecular weight is 144 g/mol. The molecule has 0 aromatic rings. The summed E-state index contributed by atoms with van der Waals surface area (Å²) in [7, 11) is 0. The van der Waals surface area contributed by atoms with Crippen LogP contribution in [-0.4, -0.2) is 22.7 Å². The third kappa shape index (κ3) is 2.67. The van der Waals surface area contributed by atoms with Gasteiger partial charge in [-0.3, -0.25) is 0 Å². The predicted octanol–water partition coefficient (Wildman–Crippen LogP) is 0.495. The van der Waals surface area contributed by atoms with Gasteiger partial charge in [0, 0.05) is 0 Å². The van der Waals surface area contributed by atoms with Gasteiger partial charge in [-0.15, -0.1) is 0 Å². The van der Waals surface area contributed by atoms with Crippen LogP contribution in [0.15, 0.2) is 0 Å². The molecule has 0 aromatic heterocycles. The molecule has 0 spiro atoms. The molecular weight excluding hydrogens is 137 g/mol. The van der Waals surface area contributed by atoms with Crippen LogP contribution in [0.3, 0.4) is 0 Å². The quantitative estimate of drug-likeness (QED) is 0.526. The maximum Gasteiger partial charge on any atom is 0.396 e. The van der Waals surface area contributed by atoms with E-state index in [2.05, 4.69) is 0 Å². The Morgan fingerprint density at radius 2 is 1.56 bits per heavy atom. The highest BCUT2D eigenvalue weighted by Gasteiger charge is 2.39. The van der Waals surface area contributed by atoms with Gasteiger partial charge in [-0.1, -0.05) is 0 Å². The standard InChI is InChI=1S/C4H7F3O2/c1-2(3(8)9)4(5,6)7/h2-3,8-9H,1H3. The maximum absolute atomic E-state index is 11.4. The SMILES string of the molecule is CC(C(O)O)C(F)(F)F. The van der Waals surface area contributed by atoms with E-state index in [-0.39, 0.29) is 0 Å². The largest absolute Gasteiger partial charge is 0.396 e. The first-order valence-electron chi connectivity index (χ1n) is 2.28. The van der Waals surface area contributed by atoms with Crippen molar-refractivity contribution >= 4 is 0 Å². The average Bonchev–Trinajstić information content (AvgIpc) is 1.62. The summed E-state index contributed by atoms with van der Waals surface area (Å²) in [5.41, 5.74) is 0. The number of aliphatic hydroxyl groups is 2. The number of rotatable bonds is 1. The smallest absolute Gasteiger partial charge is 0.368 e. The Hall–Kier alpha value is -0.290. The molecule has 0 saturated heterocycles. The molecule has 1 atom stereocenters. The van der Waals surface area contributed by atoms with E-state index in [1.54, 1.807) is 0 Å². The van der Waals surface area contributed by atoms with Crippen molar-refractivity contribution in [1.29, 1.82) is 0 Å². The molecular formula is C4H7F3O2. The normalized spacial score (nSPS) is 16.3. The van der Waals surface area contributed by atoms with Crippen LogP contribution >= 0.6 is 0 Å². The van der Waals surface area contributed by atoms with E-state index in [0.717, 1.165) is 0 Å². The van der Waals surface area contributed by atoms with Gasteiger partial charge in [-0.05, 0) is 6.92 Å². The van der Waals surface area contributed by atoms with Gasteiger partial charge in [0.1, 0.15) is 5.92 Å². The highest BCUT2D eigenvalue weighted by Crippen LogP contribution is 2.27. The van der Waals surface area contributed by atoms with Gasteiger partial charge in [0.25, 0.3) is 0 Å². The van der Waals surface area contributed by atoms with Crippen LogP contribution in [0.5, 0.6) is 0 Å². The van der Waals surface area contributed by atoms with E-state index < -0.39 is 18.4 Å². The van der Waals surface area contributed by atoms with Gasteiger partial charge in [-0.25, -0.2) is 0 Å². The molecule has 0 heterocycles. The summed E-state index contributed by atoms with van der Waals surface area (Å²) in [6.07, 6.45) is -6.83. The summed E-state index contributed by atoms with van der Waals surface area (Å²) >= 11 is 0. The zero-order valence-corrected chi connectivity index (χ0v) is 4.68. The van der Waals surface area contributed by atoms with Gasteiger partial charge in [0.2, 0.25) is 0 Å². The highest BCUT2D eigenvalue weighted by atomic mass is 19.4. The predicted molar refractivity (Wildman–Crippen MR) is 23.4 cm³/mol. The van der Waals surface area contributed by atoms with Crippen LogP contribution in [-0.2, 0) is 0 Å². The minimum Gasteiger partial charge on any atom is -0.368 e. The van der Waals surface area contributed by atoms with Crippen molar-refractivity contribution in [3.8, 4) is 0 Å². The van der Waals surface area contributed by atoms with Crippen molar-refractivity contribution < 1.29 is 23.4 Å². The molecule has 0 bridgehead atoms. The number of aliphatic hydroxyl groups excluding tert-OH is 1. The maximum atomic E-state index is 11.4.